The number of hydrogen-bond acceptors (Lipinski definition) is 5. The van der Waals surface area contributed by atoms with Crippen LogP contribution in [-0.4, -0.2) is 28.4 Å². The average Bonchev–Trinajstić information content (AvgIpc) is 2.61. The third-order valence-electron chi connectivity index (χ3n) is 3.92. The van der Waals surface area contributed by atoms with Gasteiger partial charge in [0.05, 0.1) is 28.4 Å². The monoisotopic (exact) mass is 327 g/mol. The highest BCUT2D eigenvalue weighted by atomic mass is 16.5. The maximum atomic E-state index is 9.61. The summed E-state index contributed by atoms with van der Waals surface area (Å²) in [5, 5.41) is 9.61. The van der Waals surface area contributed by atoms with Crippen LogP contribution in [0.3, 0.4) is 0 Å². The van der Waals surface area contributed by atoms with Crippen LogP contribution >= 0.6 is 0 Å². The van der Waals surface area contributed by atoms with Crippen LogP contribution in [0, 0.1) is 18.3 Å². The van der Waals surface area contributed by atoms with Gasteiger partial charge in [0, 0.05) is 17.5 Å². The zero-order chi connectivity index (χ0) is 17.7. The van der Waals surface area contributed by atoms with Crippen LogP contribution in [0.2, 0.25) is 0 Å². The second kappa shape index (κ2) is 7.60. The normalized spacial score (nSPS) is 10.0. The largest absolute Gasteiger partial charge is 0.497 e. The van der Waals surface area contributed by atoms with Gasteiger partial charge in [-0.1, -0.05) is 0 Å². The van der Waals surface area contributed by atoms with Gasteiger partial charge in [0.15, 0.2) is 0 Å². The van der Waals surface area contributed by atoms with Gasteiger partial charge in [-0.3, -0.25) is 0 Å². The van der Waals surface area contributed by atoms with Gasteiger partial charge in [-0.2, -0.15) is 5.26 Å². The lowest BCUT2D eigenvalue weighted by molar-refractivity contribution is 0.392. The van der Waals surface area contributed by atoms with Crippen molar-refractivity contribution in [2.75, 3.05) is 28.4 Å². The van der Waals surface area contributed by atoms with E-state index in [-0.39, 0.29) is 0 Å². The van der Waals surface area contributed by atoms with Gasteiger partial charge in [-0.15, -0.1) is 0 Å². The van der Waals surface area contributed by atoms with E-state index in [4.69, 9.17) is 18.9 Å². The number of methoxy groups -OCH3 is 4. The summed E-state index contributed by atoms with van der Waals surface area (Å²) < 4.78 is 21.6. The summed E-state index contributed by atoms with van der Waals surface area (Å²) in [7, 11) is 6.38. The molecule has 0 saturated carbocycles. The van der Waals surface area contributed by atoms with E-state index in [0.29, 0.717) is 23.5 Å². The summed E-state index contributed by atoms with van der Waals surface area (Å²) in [5.74, 6) is 2.66. The molecule has 5 heteroatoms. The zero-order valence-corrected chi connectivity index (χ0v) is 14.6. The number of benzene rings is 2. The van der Waals surface area contributed by atoms with Crippen molar-refractivity contribution < 1.29 is 18.9 Å². The van der Waals surface area contributed by atoms with Crippen molar-refractivity contribution >= 4 is 0 Å². The van der Waals surface area contributed by atoms with Gasteiger partial charge in [-0.05, 0) is 36.8 Å². The van der Waals surface area contributed by atoms with Gasteiger partial charge < -0.3 is 18.9 Å². The lowest BCUT2D eigenvalue weighted by Gasteiger charge is -2.17. The smallest absolute Gasteiger partial charge is 0.137 e. The summed E-state index contributed by atoms with van der Waals surface area (Å²) in [6.07, 6.45) is 0.463. The molecule has 0 N–H and O–H groups in total. The summed E-state index contributed by atoms with van der Waals surface area (Å²) in [5.41, 5.74) is 3.04. The van der Waals surface area contributed by atoms with Crippen LogP contribution < -0.4 is 18.9 Å². The van der Waals surface area contributed by atoms with Crippen molar-refractivity contribution in [1.29, 1.82) is 5.26 Å². The third-order valence-corrected chi connectivity index (χ3v) is 3.92. The first-order valence-corrected chi connectivity index (χ1v) is 7.45. The van der Waals surface area contributed by atoms with Gasteiger partial charge >= 0.3 is 0 Å². The molecule has 0 saturated heterocycles. The summed E-state index contributed by atoms with van der Waals surface area (Å²) >= 11 is 0. The fraction of sp³-hybridized carbons (Fsp3) is 0.316. The van der Waals surface area contributed by atoms with E-state index in [1.807, 2.05) is 31.2 Å². The zero-order valence-electron chi connectivity index (χ0n) is 14.6. The maximum absolute atomic E-state index is 9.61. The Morgan fingerprint density at radius 3 is 2.17 bits per heavy atom. The fourth-order valence-corrected chi connectivity index (χ4v) is 2.78. The van der Waals surface area contributed by atoms with E-state index in [0.717, 1.165) is 28.2 Å². The lowest BCUT2D eigenvalue weighted by atomic mass is 9.95. The molecule has 0 aliphatic rings. The first-order chi connectivity index (χ1) is 11.6. The van der Waals surface area contributed by atoms with Crippen molar-refractivity contribution in [2.24, 2.45) is 0 Å². The van der Waals surface area contributed by atoms with E-state index in [2.05, 4.69) is 6.07 Å². The van der Waals surface area contributed by atoms with Crippen LogP contribution in [0.5, 0.6) is 23.0 Å². The van der Waals surface area contributed by atoms with E-state index in [9.17, 15) is 5.26 Å². The second-order valence-corrected chi connectivity index (χ2v) is 5.25. The number of hydrogen-bond donors (Lipinski definition) is 0. The van der Waals surface area contributed by atoms with Crippen LogP contribution in [-0.2, 0) is 6.42 Å². The number of nitriles is 1. The number of rotatable bonds is 6. The van der Waals surface area contributed by atoms with E-state index in [1.165, 1.54) is 0 Å². The summed E-state index contributed by atoms with van der Waals surface area (Å²) in [4.78, 5) is 0. The predicted molar refractivity (Wildman–Crippen MR) is 91.4 cm³/mol. The lowest BCUT2D eigenvalue weighted by Crippen LogP contribution is -2.04. The van der Waals surface area contributed by atoms with E-state index in [1.54, 1.807) is 28.4 Å². The summed E-state index contributed by atoms with van der Waals surface area (Å²) in [6, 6.07) is 9.61. The molecule has 0 aromatic heterocycles. The molecule has 0 spiro atoms. The topological polar surface area (TPSA) is 60.7 Å². The Labute approximate surface area is 142 Å². The molecule has 2 rings (SSSR count). The minimum absolute atomic E-state index is 0.463. The van der Waals surface area contributed by atoms with Crippen molar-refractivity contribution in [2.45, 2.75) is 13.3 Å². The molecule has 0 aliphatic heterocycles. The van der Waals surface area contributed by atoms with Crippen molar-refractivity contribution in [3.05, 3.63) is 46.5 Å². The minimum atomic E-state index is 0.463. The van der Waals surface area contributed by atoms with Gasteiger partial charge in [0.2, 0.25) is 0 Å². The second-order valence-electron chi connectivity index (χ2n) is 5.25. The molecule has 0 unspecified atom stereocenters. The Morgan fingerprint density at radius 1 is 0.917 bits per heavy atom. The van der Waals surface area contributed by atoms with Gasteiger partial charge in [0.1, 0.15) is 34.6 Å². The highest BCUT2D eigenvalue weighted by molar-refractivity contribution is 5.60. The Bertz CT molecular complexity index is 778. The standard InChI is InChI=1S/C19H21NO4/c1-12-8-18(23-4)16(11-20)15(19(12)24-5)10-13-9-14(21-2)6-7-17(13)22-3/h6-9H,10H2,1-5H3. The molecule has 126 valence electrons. The van der Waals surface area contributed by atoms with Crippen LogP contribution in [0.15, 0.2) is 24.3 Å². The SMILES string of the molecule is COc1ccc(OC)c(Cc2c(C#N)c(OC)cc(C)c2OC)c1. The Kier molecular flexibility index (Phi) is 5.54. The predicted octanol–water partition coefficient (Wildman–Crippen LogP) is 3.49. The molecular formula is C19H21NO4. The molecule has 24 heavy (non-hydrogen) atoms. The van der Waals surface area contributed by atoms with Gasteiger partial charge in [-0.25, -0.2) is 0 Å². The highest BCUT2D eigenvalue weighted by Gasteiger charge is 2.19. The van der Waals surface area contributed by atoms with Crippen molar-refractivity contribution in [3.63, 3.8) is 0 Å². The fourth-order valence-electron chi connectivity index (χ4n) is 2.78. The molecule has 0 atom stereocenters. The highest BCUT2D eigenvalue weighted by Crippen LogP contribution is 2.37. The van der Waals surface area contributed by atoms with E-state index < -0.39 is 0 Å². The molecule has 2 aromatic carbocycles. The molecule has 0 amide bonds. The Hall–Kier alpha value is -2.87. The minimum Gasteiger partial charge on any atom is -0.497 e. The molecule has 0 heterocycles. The third kappa shape index (κ3) is 3.23. The summed E-state index contributed by atoms with van der Waals surface area (Å²) in [6.45, 7) is 1.93. The van der Waals surface area contributed by atoms with Gasteiger partial charge in [0.25, 0.3) is 0 Å². The maximum Gasteiger partial charge on any atom is 0.137 e. The van der Waals surface area contributed by atoms with E-state index >= 15 is 0 Å². The molecule has 5 nitrogen and oxygen atoms in total. The average molecular weight is 327 g/mol. The molecule has 0 fully saturated rings. The van der Waals surface area contributed by atoms with Crippen LogP contribution in [0.4, 0.5) is 0 Å². The molecule has 0 aliphatic carbocycles. The number of nitrogens with zero attached hydrogens (tertiary/aromatic N) is 1. The molecular weight excluding hydrogens is 306 g/mol. The molecule has 0 radical (unpaired) electrons. The molecule has 2 aromatic rings. The molecule has 0 bridgehead atoms. The van der Waals surface area contributed by atoms with Crippen LogP contribution in [0.1, 0.15) is 22.3 Å². The quantitative estimate of drug-likeness (QED) is 0.813. The number of aryl methyl sites for hydroxylation is 1. The number of ether oxygens (including phenoxy) is 4. The van der Waals surface area contributed by atoms with Crippen LogP contribution in [0.25, 0.3) is 0 Å². The van der Waals surface area contributed by atoms with Crippen molar-refractivity contribution in [1.82, 2.24) is 0 Å². The Morgan fingerprint density at radius 2 is 1.62 bits per heavy atom. The first-order valence-electron chi connectivity index (χ1n) is 7.45. The Balaban J connectivity index is 2.65. The van der Waals surface area contributed by atoms with Crippen molar-refractivity contribution in [3.8, 4) is 29.1 Å². The first kappa shape index (κ1) is 17.5.